The largest absolute Gasteiger partial charge is 0.325 e. The van der Waals surface area contributed by atoms with Crippen molar-refractivity contribution in [3.63, 3.8) is 0 Å². The van der Waals surface area contributed by atoms with Crippen LogP contribution in [0.25, 0.3) is 0 Å². The van der Waals surface area contributed by atoms with Crippen LogP contribution in [0.15, 0.2) is 29.4 Å². The minimum Gasteiger partial charge on any atom is -0.325 e. The Bertz CT molecular complexity index is 848. The average Bonchev–Trinajstić information content (AvgIpc) is 3.03. The summed E-state index contributed by atoms with van der Waals surface area (Å²) in [7, 11) is 1.53. The lowest BCUT2D eigenvalue weighted by atomic mass is 9.92. The van der Waals surface area contributed by atoms with Crippen molar-refractivity contribution in [2.45, 2.75) is 43.0 Å². The van der Waals surface area contributed by atoms with E-state index in [1.165, 1.54) is 24.9 Å². The smallest absolute Gasteiger partial charge is 0.321 e. The van der Waals surface area contributed by atoms with Gasteiger partial charge in [0, 0.05) is 37.9 Å². The molecule has 0 spiro atoms. The molecule has 1 aliphatic rings. The maximum absolute atomic E-state index is 15.4. The van der Waals surface area contributed by atoms with Gasteiger partial charge in [-0.2, -0.15) is 5.10 Å². The third-order valence-electron chi connectivity index (χ3n) is 5.01. The van der Waals surface area contributed by atoms with Gasteiger partial charge < -0.3 is 10.2 Å². The summed E-state index contributed by atoms with van der Waals surface area (Å²) in [5, 5.41) is 4.78. The zero-order valence-corrected chi connectivity index (χ0v) is 17.3. The van der Waals surface area contributed by atoms with Crippen LogP contribution < -0.4 is 5.32 Å². The summed E-state index contributed by atoms with van der Waals surface area (Å²) in [6.45, 7) is 4.06. The molecule has 1 aliphatic heterocycles. The summed E-state index contributed by atoms with van der Waals surface area (Å²) in [6.07, 6.45) is 1.15. The molecule has 0 unspecified atom stereocenters. The molecule has 158 valence electrons. The van der Waals surface area contributed by atoms with Crippen LogP contribution in [-0.4, -0.2) is 43.8 Å². The molecule has 1 atom stereocenters. The number of aryl methyl sites for hydroxylation is 2. The van der Waals surface area contributed by atoms with Crippen LogP contribution in [0.5, 0.6) is 0 Å². The zero-order valence-electron chi connectivity index (χ0n) is 16.5. The highest BCUT2D eigenvalue weighted by atomic mass is 32.2. The molecule has 0 radical (unpaired) electrons. The Morgan fingerprint density at radius 2 is 2.03 bits per heavy atom. The molecule has 1 fully saturated rings. The number of hydrogen-bond acceptors (Lipinski definition) is 4. The molecule has 3 rings (SSSR count). The van der Waals surface area contributed by atoms with Crippen molar-refractivity contribution in [1.82, 2.24) is 19.7 Å². The summed E-state index contributed by atoms with van der Waals surface area (Å²) in [5.41, 5.74) is 1.06. The molecule has 0 bridgehead atoms. The van der Waals surface area contributed by atoms with Crippen molar-refractivity contribution in [3.8, 4) is 0 Å². The number of rotatable bonds is 5. The van der Waals surface area contributed by atoms with Gasteiger partial charge >= 0.3 is 6.03 Å². The zero-order chi connectivity index (χ0) is 21.2. The highest BCUT2D eigenvalue weighted by Crippen LogP contribution is 2.46. The predicted molar refractivity (Wildman–Crippen MR) is 106 cm³/mol. The number of nitrogens with one attached hydrogen (secondary N) is 1. The minimum atomic E-state index is -2.75. The van der Waals surface area contributed by atoms with Crippen LogP contribution in [0.1, 0.15) is 37.6 Å². The van der Waals surface area contributed by atoms with Crippen LogP contribution in [0.4, 0.5) is 23.7 Å². The highest BCUT2D eigenvalue weighted by molar-refractivity contribution is 8.00. The van der Waals surface area contributed by atoms with Gasteiger partial charge in [-0.15, -0.1) is 0 Å². The summed E-state index contributed by atoms with van der Waals surface area (Å²) >= 11 is 0.784. The Kier molecular flexibility index (Phi) is 6.40. The second-order valence-electron chi connectivity index (χ2n) is 7.32. The molecule has 1 N–H and O–H groups in total. The molecule has 6 nitrogen and oxygen atoms in total. The SMILES string of the molecule is Cc1ccc(NC(=O)N2CCC([C@](C)(F)Sc3cn(C)nc3C(F)F)CC2)cn1. The Balaban J connectivity index is 1.57. The number of carbonyl (C=O) groups is 1. The molecule has 1 saturated heterocycles. The molecule has 0 aromatic carbocycles. The molecular formula is C19H24F3N5OS. The molecule has 3 heterocycles. The van der Waals surface area contributed by atoms with Gasteiger partial charge in [0.1, 0.15) is 5.69 Å². The van der Waals surface area contributed by atoms with E-state index in [1.807, 2.05) is 6.92 Å². The Morgan fingerprint density at radius 1 is 1.34 bits per heavy atom. The topological polar surface area (TPSA) is 63.1 Å². The van der Waals surface area contributed by atoms with E-state index in [4.69, 9.17) is 0 Å². The molecule has 2 amide bonds. The van der Waals surface area contributed by atoms with Crippen molar-refractivity contribution in [1.29, 1.82) is 0 Å². The molecule has 29 heavy (non-hydrogen) atoms. The fraction of sp³-hybridized carbons (Fsp3) is 0.526. The average molecular weight is 427 g/mol. The number of halogens is 3. The van der Waals surface area contributed by atoms with Gasteiger partial charge in [-0.25, -0.2) is 18.0 Å². The van der Waals surface area contributed by atoms with Crippen molar-refractivity contribution >= 4 is 23.5 Å². The van der Waals surface area contributed by atoms with Gasteiger partial charge in [0.15, 0.2) is 5.00 Å². The van der Waals surface area contributed by atoms with Gasteiger partial charge in [-0.3, -0.25) is 9.67 Å². The van der Waals surface area contributed by atoms with Crippen molar-refractivity contribution in [3.05, 3.63) is 35.9 Å². The fourth-order valence-corrected chi connectivity index (χ4v) is 4.63. The van der Waals surface area contributed by atoms with Gasteiger partial charge in [0.2, 0.25) is 0 Å². The van der Waals surface area contributed by atoms with E-state index >= 15 is 4.39 Å². The Labute approximate surface area is 171 Å². The van der Waals surface area contributed by atoms with Crippen LogP contribution >= 0.6 is 11.8 Å². The molecular weight excluding hydrogens is 403 g/mol. The number of urea groups is 1. The van der Waals surface area contributed by atoms with Crippen molar-refractivity contribution < 1.29 is 18.0 Å². The van der Waals surface area contributed by atoms with Gasteiger partial charge in [-0.05, 0) is 38.8 Å². The first-order valence-electron chi connectivity index (χ1n) is 9.34. The molecule has 2 aromatic heterocycles. The number of anilines is 1. The summed E-state index contributed by atoms with van der Waals surface area (Å²) in [5.74, 6) is -0.358. The maximum Gasteiger partial charge on any atom is 0.321 e. The van der Waals surface area contributed by atoms with E-state index in [-0.39, 0.29) is 16.8 Å². The van der Waals surface area contributed by atoms with Crippen LogP contribution in [0.3, 0.4) is 0 Å². The Morgan fingerprint density at radius 3 is 2.62 bits per heavy atom. The number of nitrogens with zero attached hydrogens (tertiary/aromatic N) is 4. The first-order valence-corrected chi connectivity index (χ1v) is 10.2. The summed E-state index contributed by atoms with van der Waals surface area (Å²) in [4.78, 5) is 18.3. The fourth-order valence-electron chi connectivity index (χ4n) is 3.35. The van der Waals surface area contributed by atoms with Gasteiger partial charge in [0.25, 0.3) is 6.43 Å². The number of thioether (sulfide) groups is 1. The standard InChI is InChI=1S/C19H24F3N5OS/c1-12-4-5-14(10-23-12)24-18(28)27-8-6-13(7-9-27)19(2,22)29-15-11-26(3)25-16(15)17(20)21/h4-5,10-11,13,17H,6-9H2,1-3H3,(H,24,28)/t19-/m1/s1. The van der Waals surface area contributed by atoms with Crippen LogP contribution in [0.2, 0.25) is 0 Å². The number of hydrogen-bond donors (Lipinski definition) is 1. The van der Waals surface area contributed by atoms with Gasteiger partial charge in [0.05, 0.1) is 16.8 Å². The van der Waals surface area contributed by atoms with Crippen LogP contribution in [0, 0.1) is 12.8 Å². The lowest BCUT2D eigenvalue weighted by molar-refractivity contribution is 0.123. The second-order valence-corrected chi connectivity index (χ2v) is 8.76. The maximum atomic E-state index is 15.4. The lowest BCUT2D eigenvalue weighted by Crippen LogP contribution is -2.44. The molecule has 10 heteroatoms. The van der Waals surface area contributed by atoms with E-state index in [1.54, 1.807) is 23.2 Å². The van der Waals surface area contributed by atoms with E-state index in [0.717, 1.165) is 17.5 Å². The normalized spacial score (nSPS) is 17.4. The summed E-state index contributed by atoms with van der Waals surface area (Å²) < 4.78 is 42.9. The van der Waals surface area contributed by atoms with Crippen molar-refractivity contribution in [2.75, 3.05) is 18.4 Å². The van der Waals surface area contributed by atoms with E-state index in [2.05, 4.69) is 15.4 Å². The third kappa shape index (κ3) is 5.23. The molecule has 0 aliphatic carbocycles. The third-order valence-corrected chi connectivity index (χ3v) is 6.28. The first kappa shape index (κ1) is 21.5. The van der Waals surface area contributed by atoms with E-state index < -0.39 is 17.1 Å². The molecule has 2 aromatic rings. The number of piperidine rings is 1. The second kappa shape index (κ2) is 8.64. The minimum absolute atomic E-state index is 0.152. The van der Waals surface area contributed by atoms with Gasteiger partial charge in [-0.1, -0.05) is 11.8 Å². The predicted octanol–water partition coefficient (Wildman–Crippen LogP) is 4.78. The van der Waals surface area contributed by atoms with E-state index in [0.29, 0.717) is 31.6 Å². The first-order chi connectivity index (χ1) is 13.7. The van der Waals surface area contributed by atoms with Crippen LogP contribution in [-0.2, 0) is 7.05 Å². The lowest BCUT2D eigenvalue weighted by Gasteiger charge is -2.37. The number of aromatic nitrogens is 3. The summed E-state index contributed by atoms with van der Waals surface area (Å²) in [6, 6.07) is 3.32. The highest BCUT2D eigenvalue weighted by Gasteiger charge is 2.39. The molecule has 0 saturated carbocycles. The van der Waals surface area contributed by atoms with E-state index in [9.17, 15) is 13.6 Å². The number of likely N-dealkylation sites (tertiary alicyclic amines) is 1. The van der Waals surface area contributed by atoms with Crippen molar-refractivity contribution in [2.24, 2.45) is 13.0 Å². The number of amides is 2. The number of pyridine rings is 1. The number of alkyl halides is 3. The monoisotopic (exact) mass is 427 g/mol. The quantitative estimate of drug-likeness (QED) is 0.698. The number of carbonyl (C=O) groups excluding carboxylic acids is 1. The Hall–Kier alpha value is -2.23.